The van der Waals surface area contributed by atoms with Crippen molar-refractivity contribution in [2.75, 3.05) is 26.2 Å². The van der Waals surface area contributed by atoms with Crippen LogP contribution >= 0.6 is 23.4 Å². The number of nitrogens with zero attached hydrogens (tertiary/aromatic N) is 3. The van der Waals surface area contributed by atoms with Gasteiger partial charge in [0.1, 0.15) is 11.3 Å². The molecule has 2 aliphatic heterocycles. The minimum atomic E-state index is -0.0351. The number of hydrogen-bond donors (Lipinski definition) is 0. The zero-order chi connectivity index (χ0) is 12.5. The highest BCUT2D eigenvalue weighted by atomic mass is 35.5. The van der Waals surface area contributed by atoms with Crippen LogP contribution in [0.5, 0.6) is 0 Å². The molecule has 1 fully saturated rings. The Labute approximate surface area is 116 Å². The van der Waals surface area contributed by atoms with Gasteiger partial charge in [0.15, 0.2) is 5.82 Å². The number of thioether (sulfide) groups is 1. The molecule has 0 amide bonds. The average molecular weight is 286 g/mol. The zero-order valence-corrected chi connectivity index (χ0v) is 11.9. The van der Waals surface area contributed by atoms with Crippen molar-refractivity contribution in [3.8, 4) is 0 Å². The lowest BCUT2D eigenvalue weighted by molar-refractivity contribution is -0.0326. The molecule has 18 heavy (non-hydrogen) atoms. The molecule has 0 radical (unpaired) electrons. The molecule has 2 aliphatic rings. The van der Waals surface area contributed by atoms with Crippen LogP contribution in [0.25, 0.3) is 0 Å². The van der Waals surface area contributed by atoms with Gasteiger partial charge < -0.3 is 4.74 Å². The SMILES string of the molecule is CCN1CCOC(c2nc(Cl)c3c(n2)CSC3)C1. The van der Waals surface area contributed by atoms with Crippen LogP contribution in [0.15, 0.2) is 0 Å². The Morgan fingerprint density at radius 1 is 1.44 bits per heavy atom. The van der Waals surface area contributed by atoms with Crippen molar-refractivity contribution in [2.45, 2.75) is 24.5 Å². The summed E-state index contributed by atoms with van der Waals surface area (Å²) in [6.07, 6.45) is -0.0351. The molecule has 3 rings (SSSR count). The largest absolute Gasteiger partial charge is 0.368 e. The van der Waals surface area contributed by atoms with Gasteiger partial charge in [0, 0.05) is 30.2 Å². The van der Waals surface area contributed by atoms with Crippen molar-refractivity contribution in [1.29, 1.82) is 0 Å². The van der Waals surface area contributed by atoms with Gasteiger partial charge in [-0.25, -0.2) is 9.97 Å². The summed E-state index contributed by atoms with van der Waals surface area (Å²) in [6, 6.07) is 0. The second kappa shape index (κ2) is 5.33. The van der Waals surface area contributed by atoms with Crippen LogP contribution < -0.4 is 0 Å². The van der Waals surface area contributed by atoms with Crippen LogP contribution in [0.4, 0.5) is 0 Å². The van der Waals surface area contributed by atoms with Crippen LogP contribution in [0, 0.1) is 0 Å². The predicted octanol–water partition coefficient (Wildman–Crippen LogP) is 2.27. The summed E-state index contributed by atoms with van der Waals surface area (Å²) in [5.41, 5.74) is 2.20. The molecule has 98 valence electrons. The molecule has 0 N–H and O–H groups in total. The Kier molecular flexibility index (Phi) is 3.75. The summed E-state index contributed by atoms with van der Waals surface area (Å²) in [7, 11) is 0. The lowest BCUT2D eigenvalue weighted by Gasteiger charge is -2.31. The summed E-state index contributed by atoms with van der Waals surface area (Å²) >= 11 is 8.07. The molecule has 0 bridgehead atoms. The quantitative estimate of drug-likeness (QED) is 0.780. The van der Waals surface area contributed by atoms with Crippen molar-refractivity contribution in [3.63, 3.8) is 0 Å². The monoisotopic (exact) mass is 285 g/mol. The summed E-state index contributed by atoms with van der Waals surface area (Å²) in [4.78, 5) is 11.4. The van der Waals surface area contributed by atoms with Crippen molar-refractivity contribution in [1.82, 2.24) is 14.9 Å². The van der Waals surface area contributed by atoms with Gasteiger partial charge >= 0.3 is 0 Å². The van der Waals surface area contributed by atoms with Gasteiger partial charge in [-0.05, 0) is 6.54 Å². The third-order valence-corrected chi connectivity index (χ3v) is 4.71. The van der Waals surface area contributed by atoms with E-state index in [2.05, 4.69) is 21.8 Å². The highest BCUT2D eigenvalue weighted by Gasteiger charge is 2.26. The lowest BCUT2D eigenvalue weighted by atomic mass is 10.2. The molecule has 6 heteroatoms. The maximum Gasteiger partial charge on any atom is 0.160 e. The standard InChI is InChI=1S/C12H16ClN3OS/c1-2-16-3-4-17-10(5-16)12-14-9-7-18-6-8(9)11(13)15-12/h10H,2-7H2,1H3. The molecule has 0 saturated carbocycles. The maximum absolute atomic E-state index is 6.23. The Morgan fingerprint density at radius 3 is 3.17 bits per heavy atom. The van der Waals surface area contributed by atoms with Gasteiger partial charge in [-0.1, -0.05) is 18.5 Å². The molecule has 1 unspecified atom stereocenters. The summed E-state index contributed by atoms with van der Waals surface area (Å²) < 4.78 is 5.78. The Balaban J connectivity index is 1.86. The van der Waals surface area contributed by atoms with Gasteiger partial charge in [-0.15, -0.1) is 0 Å². The fourth-order valence-corrected chi connectivity index (χ4v) is 3.70. The van der Waals surface area contributed by atoms with Gasteiger partial charge in [-0.2, -0.15) is 11.8 Å². The van der Waals surface area contributed by atoms with E-state index >= 15 is 0 Å². The van der Waals surface area contributed by atoms with E-state index in [4.69, 9.17) is 16.3 Å². The number of morpholine rings is 1. The molecule has 4 nitrogen and oxygen atoms in total. The molecule has 1 aromatic rings. The first kappa shape index (κ1) is 12.7. The summed E-state index contributed by atoms with van der Waals surface area (Å²) in [5.74, 6) is 2.62. The van der Waals surface area contributed by atoms with Crippen molar-refractivity contribution < 1.29 is 4.74 Å². The molecule has 1 saturated heterocycles. The van der Waals surface area contributed by atoms with Crippen molar-refractivity contribution in [2.24, 2.45) is 0 Å². The molecular formula is C12H16ClN3OS. The fraction of sp³-hybridized carbons (Fsp3) is 0.667. The van der Waals surface area contributed by atoms with E-state index in [0.29, 0.717) is 5.15 Å². The molecule has 3 heterocycles. The Morgan fingerprint density at radius 2 is 2.33 bits per heavy atom. The predicted molar refractivity (Wildman–Crippen MR) is 72.8 cm³/mol. The van der Waals surface area contributed by atoms with Gasteiger partial charge in [0.2, 0.25) is 0 Å². The Bertz CT molecular complexity index is 457. The van der Waals surface area contributed by atoms with E-state index in [9.17, 15) is 0 Å². The molecule has 0 spiro atoms. The fourth-order valence-electron chi connectivity index (χ4n) is 2.32. The average Bonchev–Trinajstić information content (AvgIpc) is 2.87. The minimum absolute atomic E-state index is 0.0351. The van der Waals surface area contributed by atoms with Gasteiger partial charge in [0.25, 0.3) is 0 Å². The highest BCUT2D eigenvalue weighted by Crippen LogP contribution is 2.34. The second-order valence-corrected chi connectivity index (χ2v) is 5.89. The van der Waals surface area contributed by atoms with Crippen molar-refractivity contribution >= 4 is 23.4 Å². The molecule has 1 aromatic heterocycles. The molecule has 0 aromatic carbocycles. The number of halogens is 1. The van der Waals surface area contributed by atoms with Crippen LogP contribution in [-0.2, 0) is 16.2 Å². The minimum Gasteiger partial charge on any atom is -0.368 e. The first-order valence-electron chi connectivity index (χ1n) is 6.24. The number of hydrogen-bond acceptors (Lipinski definition) is 5. The number of rotatable bonds is 2. The van der Waals surface area contributed by atoms with E-state index < -0.39 is 0 Å². The number of fused-ring (bicyclic) bond motifs is 1. The Hall–Kier alpha value is -0.360. The first-order valence-corrected chi connectivity index (χ1v) is 7.78. The van der Waals surface area contributed by atoms with Gasteiger partial charge in [0.05, 0.1) is 12.3 Å². The first-order chi connectivity index (χ1) is 8.78. The van der Waals surface area contributed by atoms with E-state index in [0.717, 1.165) is 54.8 Å². The van der Waals surface area contributed by atoms with Crippen molar-refractivity contribution in [3.05, 3.63) is 22.2 Å². The highest BCUT2D eigenvalue weighted by molar-refractivity contribution is 7.98. The normalized spacial score (nSPS) is 24.2. The molecular weight excluding hydrogens is 270 g/mol. The van der Waals surface area contributed by atoms with E-state index in [1.165, 1.54) is 0 Å². The number of likely N-dealkylation sites (N-methyl/N-ethyl adjacent to an activating group) is 1. The van der Waals surface area contributed by atoms with Crippen LogP contribution in [0.1, 0.15) is 30.1 Å². The molecule has 1 atom stereocenters. The summed E-state index contributed by atoms with van der Waals surface area (Å²) in [6.45, 7) is 5.79. The smallest absolute Gasteiger partial charge is 0.160 e. The third kappa shape index (κ3) is 2.37. The van der Waals surface area contributed by atoms with Gasteiger partial charge in [-0.3, -0.25) is 4.90 Å². The second-order valence-electron chi connectivity index (χ2n) is 4.54. The topological polar surface area (TPSA) is 38.2 Å². The van der Waals surface area contributed by atoms with Crippen LogP contribution in [0.3, 0.4) is 0 Å². The maximum atomic E-state index is 6.23. The number of ether oxygens (including phenoxy) is 1. The van der Waals surface area contributed by atoms with Crippen LogP contribution in [-0.4, -0.2) is 41.1 Å². The molecule has 0 aliphatic carbocycles. The third-order valence-electron chi connectivity index (χ3n) is 3.43. The lowest BCUT2D eigenvalue weighted by Crippen LogP contribution is -2.38. The van der Waals surface area contributed by atoms with Crippen LogP contribution in [0.2, 0.25) is 5.15 Å². The summed E-state index contributed by atoms with van der Waals surface area (Å²) in [5, 5.41) is 0.609. The van der Waals surface area contributed by atoms with E-state index in [1.54, 1.807) is 0 Å². The zero-order valence-electron chi connectivity index (χ0n) is 10.4. The number of aromatic nitrogens is 2. The van der Waals surface area contributed by atoms with E-state index in [-0.39, 0.29) is 6.10 Å². The van der Waals surface area contributed by atoms with E-state index in [1.807, 2.05) is 11.8 Å².